The Morgan fingerprint density at radius 2 is 2.21 bits per heavy atom. The van der Waals surface area contributed by atoms with E-state index >= 15 is 0 Å². The molecular formula is C14H23N3O2. The third-order valence-corrected chi connectivity index (χ3v) is 3.87. The van der Waals surface area contributed by atoms with E-state index in [9.17, 15) is 9.90 Å². The summed E-state index contributed by atoms with van der Waals surface area (Å²) in [6.07, 6.45) is 2.36. The Labute approximate surface area is 114 Å². The number of H-pyrrole nitrogens is 1. The summed E-state index contributed by atoms with van der Waals surface area (Å²) in [4.78, 5) is 16.4. The van der Waals surface area contributed by atoms with Gasteiger partial charge in [0.05, 0.1) is 6.61 Å². The van der Waals surface area contributed by atoms with Crippen molar-refractivity contribution in [3.8, 4) is 0 Å². The molecule has 1 fully saturated rings. The van der Waals surface area contributed by atoms with Gasteiger partial charge in [-0.1, -0.05) is 0 Å². The Hall–Kier alpha value is -1.33. The highest BCUT2D eigenvalue weighted by molar-refractivity contribution is 5.92. The van der Waals surface area contributed by atoms with E-state index in [0.717, 1.165) is 5.69 Å². The maximum atomic E-state index is 11.8. The first-order valence-corrected chi connectivity index (χ1v) is 6.71. The van der Waals surface area contributed by atoms with E-state index in [1.165, 1.54) is 12.8 Å². The van der Waals surface area contributed by atoms with Gasteiger partial charge in [0.1, 0.15) is 5.69 Å². The average molecular weight is 265 g/mol. The van der Waals surface area contributed by atoms with E-state index in [4.69, 9.17) is 0 Å². The summed E-state index contributed by atoms with van der Waals surface area (Å²) in [5.41, 5.74) is 1.35. The number of aromatic amines is 1. The molecule has 1 unspecified atom stereocenters. The SMILES string of the molecule is CN(C)C(=O)c1ccc(CNC(C)(CO)C2CC2)[nH]1. The number of nitrogens with zero attached hydrogens (tertiary/aromatic N) is 1. The summed E-state index contributed by atoms with van der Waals surface area (Å²) in [7, 11) is 3.47. The molecule has 106 valence electrons. The van der Waals surface area contributed by atoms with Crippen molar-refractivity contribution in [2.45, 2.75) is 31.8 Å². The van der Waals surface area contributed by atoms with Gasteiger partial charge in [-0.3, -0.25) is 4.79 Å². The number of carbonyl (C=O) groups excluding carboxylic acids is 1. The zero-order chi connectivity index (χ0) is 14.0. The molecular weight excluding hydrogens is 242 g/mol. The van der Waals surface area contributed by atoms with Crippen LogP contribution in [0.15, 0.2) is 12.1 Å². The molecule has 1 aliphatic carbocycles. The second-order valence-electron chi connectivity index (χ2n) is 5.80. The molecule has 0 aromatic carbocycles. The van der Waals surface area contributed by atoms with Crippen LogP contribution in [0.1, 0.15) is 35.9 Å². The maximum absolute atomic E-state index is 11.8. The molecule has 0 bridgehead atoms. The Morgan fingerprint density at radius 1 is 1.53 bits per heavy atom. The van der Waals surface area contributed by atoms with Crippen molar-refractivity contribution in [1.82, 2.24) is 15.2 Å². The molecule has 0 aliphatic heterocycles. The third-order valence-electron chi connectivity index (χ3n) is 3.87. The molecule has 3 N–H and O–H groups in total. The molecule has 0 radical (unpaired) electrons. The van der Waals surface area contributed by atoms with Gasteiger partial charge < -0.3 is 20.3 Å². The minimum absolute atomic E-state index is 0.0293. The van der Waals surface area contributed by atoms with E-state index in [-0.39, 0.29) is 18.1 Å². The largest absolute Gasteiger partial charge is 0.394 e. The molecule has 1 amide bonds. The average Bonchev–Trinajstić information content (AvgIpc) is 3.15. The van der Waals surface area contributed by atoms with E-state index < -0.39 is 0 Å². The van der Waals surface area contributed by atoms with E-state index in [2.05, 4.69) is 17.2 Å². The van der Waals surface area contributed by atoms with Crippen LogP contribution >= 0.6 is 0 Å². The van der Waals surface area contributed by atoms with E-state index in [0.29, 0.717) is 18.2 Å². The number of aliphatic hydroxyl groups is 1. The van der Waals surface area contributed by atoms with Crippen molar-refractivity contribution < 1.29 is 9.90 Å². The summed E-state index contributed by atoms with van der Waals surface area (Å²) in [6, 6.07) is 3.71. The number of aliphatic hydroxyl groups excluding tert-OH is 1. The fourth-order valence-electron chi connectivity index (χ4n) is 2.26. The Balaban J connectivity index is 1.95. The van der Waals surface area contributed by atoms with Gasteiger partial charge in [-0.05, 0) is 37.8 Å². The molecule has 0 saturated heterocycles. The first-order chi connectivity index (χ1) is 8.96. The third kappa shape index (κ3) is 3.16. The van der Waals surface area contributed by atoms with Gasteiger partial charge >= 0.3 is 0 Å². The van der Waals surface area contributed by atoms with Crippen LogP contribution in [0.25, 0.3) is 0 Å². The van der Waals surface area contributed by atoms with Gasteiger partial charge in [0.15, 0.2) is 0 Å². The summed E-state index contributed by atoms with van der Waals surface area (Å²) in [5, 5.41) is 12.9. The predicted octanol–water partition coefficient (Wildman–Crippen LogP) is 0.967. The van der Waals surface area contributed by atoms with E-state index in [1.807, 2.05) is 6.07 Å². The fourth-order valence-corrected chi connectivity index (χ4v) is 2.26. The van der Waals surface area contributed by atoms with Crippen LogP contribution < -0.4 is 5.32 Å². The topological polar surface area (TPSA) is 68.4 Å². The van der Waals surface area contributed by atoms with Gasteiger partial charge in [0.2, 0.25) is 0 Å². The Kier molecular flexibility index (Phi) is 3.96. The van der Waals surface area contributed by atoms with Gasteiger partial charge in [0.25, 0.3) is 5.91 Å². The minimum atomic E-state index is -0.211. The molecule has 2 rings (SSSR count). The van der Waals surface area contributed by atoms with Crippen molar-refractivity contribution in [3.63, 3.8) is 0 Å². The van der Waals surface area contributed by atoms with Crippen LogP contribution in [-0.2, 0) is 6.54 Å². The maximum Gasteiger partial charge on any atom is 0.269 e. The Bertz CT molecular complexity index is 451. The van der Waals surface area contributed by atoms with Crippen molar-refractivity contribution in [2.75, 3.05) is 20.7 Å². The number of amides is 1. The predicted molar refractivity (Wildman–Crippen MR) is 73.9 cm³/mol. The molecule has 1 heterocycles. The molecule has 0 spiro atoms. The molecule has 1 aromatic heterocycles. The number of hydrogen-bond acceptors (Lipinski definition) is 3. The number of rotatable bonds is 6. The fraction of sp³-hybridized carbons (Fsp3) is 0.643. The monoisotopic (exact) mass is 265 g/mol. The molecule has 5 heteroatoms. The van der Waals surface area contributed by atoms with Gasteiger partial charge in [-0.2, -0.15) is 0 Å². The second-order valence-corrected chi connectivity index (χ2v) is 5.80. The van der Waals surface area contributed by atoms with Crippen LogP contribution in [0, 0.1) is 5.92 Å². The first kappa shape index (κ1) is 14.1. The van der Waals surface area contributed by atoms with Crippen LogP contribution in [0.4, 0.5) is 0 Å². The highest BCUT2D eigenvalue weighted by Gasteiger charge is 2.40. The normalized spacial score (nSPS) is 18.1. The van der Waals surface area contributed by atoms with Crippen molar-refractivity contribution in [1.29, 1.82) is 0 Å². The lowest BCUT2D eigenvalue weighted by Gasteiger charge is -2.28. The minimum Gasteiger partial charge on any atom is -0.394 e. The molecule has 5 nitrogen and oxygen atoms in total. The molecule has 1 aliphatic rings. The Morgan fingerprint density at radius 3 is 2.74 bits per heavy atom. The molecule has 1 aromatic rings. The summed E-state index contributed by atoms with van der Waals surface area (Å²) >= 11 is 0. The number of nitrogens with one attached hydrogen (secondary N) is 2. The molecule has 19 heavy (non-hydrogen) atoms. The number of carbonyl (C=O) groups is 1. The zero-order valence-corrected chi connectivity index (χ0v) is 11.9. The molecule has 1 saturated carbocycles. The van der Waals surface area contributed by atoms with Crippen LogP contribution in [-0.4, -0.2) is 47.1 Å². The summed E-state index contributed by atoms with van der Waals surface area (Å²) < 4.78 is 0. The first-order valence-electron chi connectivity index (χ1n) is 6.71. The van der Waals surface area contributed by atoms with Gasteiger partial charge in [0, 0.05) is 31.9 Å². The number of hydrogen-bond donors (Lipinski definition) is 3. The van der Waals surface area contributed by atoms with Crippen LogP contribution in [0.2, 0.25) is 0 Å². The lowest BCUT2D eigenvalue weighted by atomic mass is 9.97. The number of aromatic nitrogens is 1. The van der Waals surface area contributed by atoms with Crippen molar-refractivity contribution in [2.24, 2.45) is 5.92 Å². The van der Waals surface area contributed by atoms with Gasteiger partial charge in [-0.25, -0.2) is 0 Å². The quantitative estimate of drug-likeness (QED) is 0.718. The highest BCUT2D eigenvalue weighted by Crippen LogP contribution is 2.39. The van der Waals surface area contributed by atoms with Crippen molar-refractivity contribution in [3.05, 3.63) is 23.5 Å². The smallest absolute Gasteiger partial charge is 0.269 e. The van der Waals surface area contributed by atoms with Crippen LogP contribution in [0.3, 0.4) is 0 Å². The van der Waals surface area contributed by atoms with E-state index in [1.54, 1.807) is 25.1 Å². The lowest BCUT2D eigenvalue weighted by Crippen LogP contribution is -2.47. The van der Waals surface area contributed by atoms with Gasteiger partial charge in [-0.15, -0.1) is 0 Å². The zero-order valence-electron chi connectivity index (χ0n) is 11.9. The highest BCUT2D eigenvalue weighted by atomic mass is 16.3. The summed E-state index contributed by atoms with van der Waals surface area (Å²) in [6.45, 7) is 2.83. The summed E-state index contributed by atoms with van der Waals surface area (Å²) in [5.74, 6) is 0.536. The lowest BCUT2D eigenvalue weighted by molar-refractivity contribution is 0.0822. The second kappa shape index (κ2) is 5.35. The van der Waals surface area contributed by atoms with Crippen LogP contribution in [0.5, 0.6) is 0 Å². The van der Waals surface area contributed by atoms with Crippen molar-refractivity contribution >= 4 is 5.91 Å². The molecule has 1 atom stereocenters. The standard InChI is InChI=1S/C14H23N3O2/c1-14(9-18,10-4-5-10)15-8-11-6-7-12(16-11)13(19)17(2)3/h6-7,10,15-16,18H,4-5,8-9H2,1-3H3.